The van der Waals surface area contributed by atoms with Crippen LogP contribution in [0.4, 0.5) is 5.69 Å². The number of thioether (sulfide) groups is 1. The number of carbonyl (C=O) groups excluding carboxylic acids is 1. The number of halogens is 1. The summed E-state index contributed by atoms with van der Waals surface area (Å²) in [4.78, 5) is 16.7. The van der Waals surface area contributed by atoms with E-state index in [4.69, 9.17) is 11.6 Å². The van der Waals surface area contributed by atoms with Gasteiger partial charge in [0.2, 0.25) is 0 Å². The third kappa shape index (κ3) is 4.49. The van der Waals surface area contributed by atoms with Crippen LogP contribution in [0.15, 0.2) is 59.6 Å². The Hall–Kier alpha value is -2.04. The summed E-state index contributed by atoms with van der Waals surface area (Å²) in [6.07, 6.45) is 4.41. The molecule has 0 bridgehead atoms. The molecule has 24 heavy (non-hydrogen) atoms. The molecule has 0 aromatic heterocycles. The number of amidine groups is 1. The number of hydrogen-bond acceptors (Lipinski definition) is 4. The predicted molar refractivity (Wildman–Crippen MR) is 104 cm³/mol. The molecule has 0 unspecified atom stereocenters. The van der Waals surface area contributed by atoms with E-state index in [9.17, 15) is 4.79 Å². The van der Waals surface area contributed by atoms with E-state index in [2.05, 4.69) is 10.3 Å². The fourth-order valence-corrected chi connectivity index (χ4v) is 3.29. The fourth-order valence-electron chi connectivity index (χ4n) is 2.25. The molecule has 1 N–H and O–H groups in total. The van der Waals surface area contributed by atoms with Crippen molar-refractivity contribution >= 4 is 46.1 Å². The number of ketones is 1. The van der Waals surface area contributed by atoms with Crippen LogP contribution in [-0.4, -0.2) is 23.2 Å². The lowest BCUT2D eigenvalue weighted by atomic mass is 10.1. The highest BCUT2D eigenvalue weighted by Gasteiger charge is 2.07. The molecule has 0 radical (unpaired) electrons. The predicted octanol–water partition coefficient (Wildman–Crippen LogP) is 5.14. The second kappa shape index (κ2) is 8.18. The first kappa shape index (κ1) is 16.8. The molecule has 3 nitrogen and oxygen atoms in total. The Labute approximate surface area is 150 Å². The van der Waals surface area contributed by atoms with Crippen LogP contribution in [0.5, 0.6) is 0 Å². The number of nitrogens with zero attached hydrogens (tertiary/aromatic N) is 1. The highest BCUT2D eigenvalue weighted by Crippen LogP contribution is 2.19. The van der Waals surface area contributed by atoms with Crippen LogP contribution in [0.3, 0.4) is 0 Å². The summed E-state index contributed by atoms with van der Waals surface area (Å²) in [5, 5.41) is 4.85. The number of aliphatic imine (C=N–C) groups is 1. The minimum Gasteiger partial charge on any atom is -0.335 e. The van der Waals surface area contributed by atoms with Crippen molar-refractivity contribution in [3.05, 3.63) is 70.8 Å². The highest BCUT2D eigenvalue weighted by atomic mass is 35.5. The van der Waals surface area contributed by atoms with Gasteiger partial charge in [0.25, 0.3) is 0 Å². The molecule has 2 aromatic carbocycles. The molecule has 1 heterocycles. The van der Waals surface area contributed by atoms with E-state index < -0.39 is 0 Å². The average molecular weight is 357 g/mol. The van der Waals surface area contributed by atoms with Crippen LogP contribution in [0, 0.1) is 0 Å². The molecule has 0 saturated heterocycles. The smallest absolute Gasteiger partial charge is 0.185 e. The highest BCUT2D eigenvalue weighted by molar-refractivity contribution is 8.14. The van der Waals surface area contributed by atoms with Crippen molar-refractivity contribution in [1.82, 2.24) is 0 Å². The largest absolute Gasteiger partial charge is 0.335 e. The molecule has 122 valence electrons. The van der Waals surface area contributed by atoms with Crippen LogP contribution in [0.2, 0.25) is 5.02 Å². The Kier molecular flexibility index (Phi) is 5.72. The second-order valence-electron chi connectivity index (χ2n) is 5.31. The van der Waals surface area contributed by atoms with Gasteiger partial charge in [-0.3, -0.25) is 9.79 Å². The fraction of sp³-hybridized carbons (Fsp3) is 0.158. The number of benzene rings is 2. The summed E-state index contributed by atoms with van der Waals surface area (Å²) in [5.41, 5.74) is 2.41. The Morgan fingerprint density at radius 3 is 2.67 bits per heavy atom. The van der Waals surface area contributed by atoms with Gasteiger partial charge in [0.15, 0.2) is 11.0 Å². The number of nitrogens with one attached hydrogen (secondary N) is 1. The van der Waals surface area contributed by atoms with Crippen LogP contribution < -0.4 is 5.32 Å². The Bertz CT molecular complexity index is 784. The monoisotopic (exact) mass is 356 g/mol. The molecular weight excluding hydrogens is 340 g/mol. The van der Waals surface area contributed by atoms with Gasteiger partial charge in [-0.1, -0.05) is 41.6 Å². The summed E-state index contributed by atoms with van der Waals surface area (Å²) in [5.74, 6) is 1.04. The number of allylic oxidation sites excluding steroid dienone is 1. The van der Waals surface area contributed by atoms with Gasteiger partial charge in [0.05, 0.1) is 0 Å². The average Bonchev–Trinajstić information content (AvgIpc) is 2.62. The van der Waals surface area contributed by atoms with E-state index in [1.54, 1.807) is 30.0 Å². The van der Waals surface area contributed by atoms with Gasteiger partial charge >= 0.3 is 0 Å². The van der Waals surface area contributed by atoms with Crippen molar-refractivity contribution in [2.24, 2.45) is 4.99 Å². The lowest BCUT2D eigenvalue weighted by Crippen LogP contribution is -2.13. The van der Waals surface area contributed by atoms with Gasteiger partial charge in [-0.05, 0) is 54.5 Å². The van der Waals surface area contributed by atoms with E-state index in [0.29, 0.717) is 10.6 Å². The van der Waals surface area contributed by atoms with Gasteiger partial charge in [-0.2, -0.15) is 0 Å². The molecule has 0 atom stereocenters. The number of hydrogen-bond donors (Lipinski definition) is 1. The standard InChI is InChI=1S/C19H17ClN2OS/c20-17-5-2-1-4-14(17)8-11-18(23)15-6-9-16(10-7-15)22-19-21-12-3-13-24-19/h1-2,4-11H,3,12-13H2,(H,21,22)/b11-8+. The zero-order valence-corrected chi connectivity index (χ0v) is 14.6. The second-order valence-corrected chi connectivity index (χ2v) is 6.80. The van der Waals surface area contributed by atoms with E-state index in [-0.39, 0.29) is 5.78 Å². The maximum absolute atomic E-state index is 12.3. The molecule has 0 spiro atoms. The molecule has 1 aliphatic heterocycles. The van der Waals surface area contributed by atoms with Crippen LogP contribution in [-0.2, 0) is 0 Å². The Morgan fingerprint density at radius 2 is 1.96 bits per heavy atom. The van der Waals surface area contributed by atoms with Crippen molar-refractivity contribution < 1.29 is 4.79 Å². The van der Waals surface area contributed by atoms with Crippen LogP contribution in [0.1, 0.15) is 22.3 Å². The SMILES string of the molecule is O=C(/C=C/c1ccccc1Cl)c1ccc(NC2=NCCCS2)cc1. The summed E-state index contributed by atoms with van der Waals surface area (Å²) >= 11 is 7.81. The minimum atomic E-state index is -0.0501. The number of rotatable bonds is 4. The quantitative estimate of drug-likeness (QED) is 0.609. The molecule has 5 heteroatoms. The summed E-state index contributed by atoms with van der Waals surface area (Å²) in [6, 6.07) is 14.9. The number of carbonyl (C=O) groups is 1. The van der Waals surface area contributed by atoms with E-state index >= 15 is 0 Å². The van der Waals surface area contributed by atoms with Gasteiger partial charge in [-0.15, -0.1) is 0 Å². The normalized spacial score (nSPS) is 14.5. The van der Waals surface area contributed by atoms with Gasteiger partial charge in [-0.25, -0.2) is 0 Å². The van der Waals surface area contributed by atoms with Crippen molar-refractivity contribution in [2.45, 2.75) is 6.42 Å². The zero-order valence-electron chi connectivity index (χ0n) is 13.0. The lowest BCUT2D eigenvalue weighted by Gasteiger charge is -2.13. The first-order chi connectivity index (χ1) is 11.7. The van der Waals surface area contributed by atoms with Gasteiger partial charge < -0.3 is 5.32 Å². The third-order valence-electron chi connectivity index (χ3n) is 3.54. The van der Waals surface area contributed by atoms with Crippen molar-refractivity contribution in [3.63, 3.8) is 0 Å². The van der Waals surface area contributed by atoms with Crippen molar-refractivity contribution in [3.8, 4) is 0 Å². The molecule has 0 fully saturated rings. The molecule has 1 aliphatic rings. The number of anilines is 1. The summed E-state index contributed by atoms with van der Waals surface area (Å²) < 4.78 is 0. The molecule has 3 rings (SSSR count). The molecule has 0 amide bonds. The summed E-state index contributed by atoms with van der Waals surface area (Å²) in [7, 11) is 0. The Morgan fingerprint density at radius 1 is 1.17 bits per heavy atom. The Balaban J connectivity index is 1.65. The van der Waals surface area contributed by atoms with E-state index in [1.165, 1.54) is 0 Å². The van der Waals surface area contributed by atoms with Crippen LogP contribution >= 0.6 is 23.4 Å². The first-order valence-corrected chi connectivity index (χ1v) is 9.10. The zero-order chi connectivity index (χ0) is 16.8. The maximum Gasteiger partial charge on any atom is 0.185 e. The molecular formula is C19H17ClN2OS. The van der Waals surface area contributed by atoms with Crippen LogP contribution in [0.25, 0.3) is 6.08 Å². The maximum atomic E-state index is 12.3. The molecule has 2 aromatic rings. The van der Waals surface area contributed by atoms with Gasteiger partial charge in [0.1, 0.15) is 0 Å². The molecule has 0 aliphatic carbocycles. The van der Waals surface area contributed by atoms with E-state index in [1.807, 2.05) is 42.5 Å². The third-order valence-corrected chi connectivity index (χ3v) is 4.88. The van der Waals surface area contributed by atoms with Crippen molar-refractivity contribution in [1.29, 1.82) is 0 Å². The minimum absolute atomic E-state index is 0.0501. The summed E-state index contributed by atoms with van der Waals surface area (Å²) in [6.45, 7) is 0.874. The lowest BCUT2D eigenvalue weighted by molar-refractivity contribution is 0.104. The molecule has 0 saturated carbocycles. The van der Waals surface area contributed by atoms with Crippen molar-refractivity contribution in [2.75, 3.05) is 17.6 Å². The van der Waals surface area contributed by atoms with Gasteiger partial charge in [0, 0.05) is 28.6 Å². The first-order valence-electron chi connectivity index (χ1n) is 7.74. The topological polar surface area (TPSA) is 41.5 Å². The van der Waals surface area contributed by atoms with E-state index in [0.717, 1.165) is 35.1 Å².